The first-order valence-electron chi connectivity index (χ1n) is 7.78. The number of hydrogen-bond acceptors (Lipinski definition) is 8. The molecule has 0 aromatic carbocycles. The van der Waals surface area contributed by atoms with Gasteiger partial charge in [0.1, 0.15) is 6.23 Å². The van der Waals surface area contributed by atoms with Crippen LogP contribution >= 0.6 is 12.6 Å². The summed E-state index contributed by atoms with van der Waals surface area (Å²) in [6.45, 7) is 6.72. The molecule has 0 aliphatic carbocycles. The van der Waals surface area contributed by atoms with Crippen molar-refractivity contribution in [2.75, 3.05) is 85.0 Å². The van der Waals surface area contributed by atoms with Gasteiger partial charge in [-0.2, -0.15) is 12.6 Å². The standard InChI is InChI=1S/C14H29NO6S/c22-12-1-15-14-13-20-9-8-18-5-4-16-2-3-17-6-7-19-10-11-21-14/h14-15,22H,1-13H2. The Morgan fingerprint density at radius 1 is 0.682 bits per heavy atom. The van der Waals surface area contributed by atoms with Gasteiger partial charge < -0.3 is 28.4 Å². The lowest BCUT2D eigenvalue weighted by Gasteiger charge is -2.19. The van der Waals surface area contributed by atoms with Crippen LogP contribution < -0.4 is 5.32 Å². The van der Waals surface area contributed by atoms with Gasteiger partial charge in [0.25, 0.3) is 0 Å². The molecule has 8 heteroatoms. The maximum atomic E-state index is 5.69. The summed E-state index contributed by atoms with van der Waals surface area (Å²) in [5.74, 6) is 0.747. The zero-order chi connectivity index (χ0) is 15.7. The molecular weight excluding hydrogens is 310 g/mol. The van der Waals surface area contributed by atoms with E-state index >= 15 is 0 Å². The van der Waals surface area contributed by atoms with Gasteiger partial charge in [-0.3, -0.25) is 5.32 Å². The molecule has 1 aliphatic rings. The first-order chi connectivity index (χ1) is 10.9. The molecule has 1 rings (SSSR count). The van der Waals surface area contributed by atoms with Gasteiger partial charge in [0.15, 0.2) is 0 Å². The lowest BCUT2D eigenvalue weighted by atomic mass is 10.5. The molecule has 0 bridgehead atoms. The van der Waals surface area contributed by atoms with Crippen molar-refractivity contribution in [3.05, 3.63) is 0 Å². The van der Waals surface area contributed by atoms with Gasteiger partial charge in [0.2, 0.25) is 0 Å². The summed E-state index contributed by atoms with van der Waals surface area (Å²) in [5.41, 5.74) is 0. The Bertz CT molecular complexity index is 219. The smallest absolute Gasteiger partial charge is 0.131 e. The minimum atomic E-state index is -0.158. The van der Waals surface area contributed by atoms with Crippen molar-refractivity contribution in [3.63, 3.8) is 0 Å². The van der Waals surface area contributed by atoms with E-state index in [1.807, 2.05) is 0 Å². The second-order valence-electron chi connectivity index (χ2n) is 4.56. The summed E-state index contributed by atoms with van der Waals surface area (Å²) in [6.07, 6.45) is -0.158. The third-order valence-corrected chi connectivity index (χ3v) is 3.01. The summed E-state index contributed by atoms with van der Waals surface area (Å²) in [5, 5.41) is 3.23. The van der Waals surface area contributed by atoms with Gasteiger partial charge in [0.05, 0.1) is 72.7 Å². The lowest BCUT2D eigenvalue weighted by Crippen LogP contribution is -2.38. The van der Waals surface area contributed by atoms with E-state index in [-0.39, 0.29) is 6.23 Å². The predicted molar refractivity (Wildman–Crippen MR) is 85.7 cm³/mol. The fraction of sp³-hybridized carbons (Fsp3) is 1.00. The second kappa shape index (κ2) is 15.9. The minimum Gasteiger partial charge on any atom is -0.377 e. The fourth-order valence-electron chi connectivity index (χ4n) is 1.71. The van der Waals surface area contributed by atoms with Crippen LogP contribution in [0.4, 0.5) is 0 Å². The molecule has 1 heterocycles. The third kappa shape index (κ3) is 12.6. The number of hydrogen-bond donors (Lipinski definition) is 2. The average Bonchev–Trinajstić information content (AvgIpc) is 2.53. The molecule has 1 saturated heterocycles. The molecule has 0 amide bonds. The highest BCUT2D eigenvalue weighted by atomic mass is 32.1. The van der Waals surface area contributed by atoms with E-state index in [1.54, 1.807) is 0 Å². The van der Waals surface area contributed by atoms with E-state index < -0.39 is 0 Å². The monoisotopic (exact) mass is 339 g/mol. The van der Waals surface area contributed by atoms with Crippen molar-refractivity contribution < 1.29 is 28.4 Å². The fourth-order valence-corrected chi connectivity index (χ4v) is 1.84. The van der Waals surface area contributed by atoms with Crippen molar-refractivity contribution in [3.8, 4) is 0 Å². The van der Waals surface area contributed by atoms with Crippen LogP contribution in [0, 0.1) is 0 Å². The summed E-state index contributed by atoms with van der Waals surface area (Å²) < 4.78 is 32.8. The van der Waals surface area contributed by atoms with E-state index in [0.717, 1.165) is 12.3 Å². The SMILES string of the molecule is SCCNC1COCCOCCOCCOCCOCCO1. The Balaban J connectivity index is 2.20. The van der Waals surface area contributed by atoms with E-state index in [2.05, 4.69) is 17.9 Å². The molecule has 132 valence electrons. The summed E-state index contributed by atoms with van der Waals surface area (Å²) in [7, 11) is 0. The zero-order valence-corrected chi connectivity index (χ0v) is 14.1. The number of thiol groups is 1. The van der Waals surface area contributed by atoms with Crippen LogP contribution in [-0.2, 0) is 28.4 Å². The predicted octanol–water partition coefficient (Wildman–Crippen LogP) is -0.0549. The average molecular weight is 339 g/mol. The van der Waals surface area contributed by atoms with Crippen molar-refractivity contribution in [2.24, 2.45) is 0 Å². The van der Waals surface area contributed by atoms with Gasteiger partial charge in [-0.05, 0) is 0 Å². The maximum absolute atomic E-state index is 5.69. The number of ether oxygens (including phenoxy) is 6. The normalized spacial score (nSPS) is 25.2. The molecule has 0 aromatic heterocycles. The molecule has 1 unspecified atom stereocenters. The van der Waals surface area contributed by atoms with Crippen LogP contribution in [0.25, 0.3) is 0 Å². The highest BCUT2D eigenvalue weighted by molar-refractivity contribution is 7.80. The van der Waals surface area contributed by atoms with Gasteiger partial charge in [0, 0.05) is 12.3 Å². The summed E-state index contributed by atoms with van der Waals surface area (Å²) in [6, 6.07) is 0. The number of rotatable bonds is 3. The van der Waals surface area contributed by atoms with Crippen molar-refractivity contribution >= 4 is 12.6 Å². The molecule has 1 aliphatic heterocycles. The molecule has 1 atom stereocenters. The molecule has 7 nitrogen and oxygen atoms in total. The van der Waals surface area contributed by atoms with Crippen LogP contribution in [0.3, 0.4) is 0 Å². The quantitative estimate of drug-likeness (QED) is 0.699. The Hall–Kier alpha value is 0.0700. The molecule has 0 spiro atoms. The Labute approximate surface area is 138 Å². The first kappa shape index (κ1) is 20.1. The Morgan fingerprint density at radius 3 is 1.64 bits per heavy atom. The molecule has 22 heavy (non-hydrogen) atoms. The molecule has 0 saturated carbocycles. The largest absolute Gasteiger partial charge is 0.377 e. The topological polar surface area (TPSA) is 67.4 Å². The highest BCUT2D eigenvalue weighted by Gasteiger charge is 2.08. The maximum Gasteiger partial charge on any atom is 0.131 e. The molecule has 1 fully saturated rings. The minimum absolute atomic E-state index is 0.158. The molecule has 1 N–H and O–H groups in total. The van der Waals surface area contributed by atoms with Crippen LogP contribution in [0.15, 0.2) is 0 Å². The first-order valence-corrected chi connectivity index (χ1v) is 8.41. The highest BCUT2D eigenvalue weighted by Crippen LogP contribution is 1.92. The van der Waals surface area contributed by atoms with E-state index in [0.29, 0.717) is 72.7 Å². The third-order valence-electron chi connectivity index (χ3n) is 2.79. The van der Waals surface area contributed by atoms with Crippen LogP contribution in [0.2, 0.25) is 0 Å². The van der Waals surface area contributed by atoms with Crippen LogP contribution in [-0.4, -0.2) is 91.2 Å². The lowest BCUT2D eigenvalue weighted by molar-refractivity contribution is -0.0696. The van der Waals surface area contributed by atoms with E-state index in [1.165, 1.54) is 0 Å². The van der Waals surface area contributed by atoms with E-state index in [9.17, 15) is 0 Å². The van der Waals surface area contributed by atoms with Crippen molar-refractivity contribution in [1.29, 1.82) is 0 Å². The molecular formula is C14H29NO6S. The summed E-state index contributed by atoms with van der Waals surface area (Å²) in [4.78, 5) is 0. The Morgan fingerprint density at radius 2 is 1.14 bits per heavy atom. The van der Waals surface area contributed by atoms with E-state index in [4.69, 9.17) is 28.4 Å². The number of nitrogens with one attached hydrogen (secondary N) is 1. The summed E-state index contributed by atoms with van der Waals surface area (Å²) >= 11 is 4.18. The van der Waals surface area contributed by atoms with Crippen LogP contribution in [0.5, 0.6) is 0 Å². The van der Waals surface area contributed by atoms with Crippen LogP contribution in [0.1, 0.15) is 0 Å². The Kier molecular flexibility index (Phi) is 14.6. The van der Waals surface area contributed by atoms with Crippen molar-refractivity contribution in [1.82, 2.24) is 5.32 Å². The zero-order valence-electron chi connectivity index (χ0n) is 13.2. The van der Waals surface area contributed by atoms with Gasteiger partial charge in [-0.25, -0.2) is 0 Å². The van der Waals surface area contributed by atoms with Crippen molar-refractivity contribution in [2.45, 2.75) is 6.23 Å². The second-order valence-corrected chi connectivity index (χ2v) is 5.01. The molecule has 0 radical (unpaired) electrons. The van der Waals surface area contributed by atoms with Gasteiger partial charge in [-0.15, -0.1) is 0 Å². The van der Waals surface area contributed by atoms with Gasteiger partial charge >= 0.3 is 0 Å². The molecule has 0 aromatic rings. The van der Waals surface area contributed by atoms with Gasteiger partial charge in [-0.1, -0.05) is 0 Å².